The summed E-state index contributed by atoms with van der Waals surface area (Å²) in [6.45, 7) is 3.30. The molecule has 4 nitrogen and oxygen atoms in total. The number of aromatic amines is 1. The van der Waals surface area contributed by atoms with Crippen LogP contribution in [0.4, 0.5) is 0 Å². The summed E-state index contributed by atoms with van der Waals surface area (Å²) in [6, 6.07) is 5.54. The van der Waals surface area contributed by atoms with Gasteiger partial charge in [0.25, 0.3) is 0 Å². The van der Waals surface area contributed by atoms with Crippen molar-refractivity contribution in [2.45, 2.75) is 25.8 Å². The molecule has 0 saturated carbocycles. The second-order valence-electron chi connectivity index (χ2n) is 4.87. The van der Waals surface area contributed by atoms with E-state index in [1.54, 1.807) is 12.1 Å². The van der Waals surface area contributed by atoms with Crippen LogP contribution in [0.1, 0.15) is 31.6 Å². The molecule has 1 aromatic heterocycles. The van der Waals surface area contributed by atoms with E-state index in [-0.39, 0.29) is 5.75 Å². The van der Waals surface area contributed by atoms with Gasteiger partial charge in [-0.15, -0.1) is 0 Å². The topological polar surface area (TPSA) is 60.9 Å². The zero-order chi connectivity index (χ0) is 11.8. The molecule has 1 aliphatic heterocycles. The molecule has 0 bridgehead atoms. The molecular formula is C13H17N3O. The molecule has 2 unspecified atom stereocenters. The van der Waals surface area contributed by atoms with Crippen LogP contribution in [0.2, 0.25) is 0 Å². The van der Waals surface area contributed by atoms with Crippen molar-refractivity contribution in [1.29, 1.82) is 0 Å². The van der Waals surface area contributed by atoms with Crippen molar-refractivity contribution >= 4 is 11.0 Å². The van der Waals surface area contributed by atoms with E-state index in [1.807, 2.05) is 6.07 Å². The molecule has 0 radical (unpaired) electrons. The molecule has 1 saturated heterocycles. The van der Waals surface area contributed by atoms with Crippen LogP contribution in [0.5, 0.6) is 5.75 Å². The number of phenols is 1. The largest absolute Gasteiger partial charge is 0.508 e. The number of rotatable bonds is 1. The number of imidazole rings is 1. The number of phenolic OH excluding ortho intramolecular Hbond substituents is 1. The third-order valence-corrected chi connectivity index (χ3v) is 3.55. The lowest BCUT2D eigenvalue weighted by Gasteiger charge is -2.28. The van der Waals surface area contributed by atoms with Gasteiger partial charge in [0.1, 0.15) is 11.6 Å². The maximum Gasteiger partial charge on any atom is 0.124 e. The van der Waals surface area contributed by atoms with Gasteiger partial charge >= 0.3 is 0 Å². The van der Waals surface area contributed by atoms with E-state index < -0.39 is 0 Å². The van der Waals surface area contributed by atoms with Crippen molar-refractivity contribution in [3.63, 3.8) is 0 Å². The number of benzene rings is 1. The number of aromatic hydroxyl groups is 1. The minimum absolute atomic E-state index is 0.275. The number of nitrogens with zero attached hydrogens (tertiary/aromatic N) is 1. The highest BCUT2D eigenvalue weighted by molar-refractivity contribution is 5.76. The minimum Gasteiger partial charge on any atom is -0.508 e. The zero-order valence-electron chi connectivity index (χ0n) is 9.90. The predicted molar refractivity (Wildman–Crippen MR) is 66.9 cm³/mol. The van der Waals surface area contributed by atoms with E-state index in [4.69, 9.17) is 0 Å². The normalized spacial score (nSPS) is 25.2. The van der Waals surface area contributed by atoms with Crippen LogP contribution in [0.3, 0.4) is 0 Å². The minimum atomic E-state index is 0.275. The third kappa shape index (κ3) is 1.89. The molecule has 1 aromatic carbocycles. The van der Waals surface area contributed by atoms with Crippen molar-refractivity contribution in [3.05, 3.63) is 24.0 Å². The Labute approximate surface area is 100 Å². The Morgan fingerprint density at radius 1 is 1.41 bits per heavy atom. The average molecular weight is 231 g/mol. The number of fused-ring (bicyclic) bond motifs is 1. The Morgan fingerprint density at radius 2 is 2.29 bits per heavy atom. The highest BCUT2D eigenvalue weighted by Crippen LogP contribution is 2.29. The maximum absolute atomic E-state index is 9.44. The first-order chi connectivity index (χ1) is 8.24. The highest BCUT2D eigenvalue weighted by Gasteiger charge is 2.24. The van der Waals surface area contributed by atoms with Crippen molar-refractivity contribution in [1.82, 2.24) is 15.3 Å². The van der Waals surface area contributed by atoms with Gasteiger partial charge in [0, 0.05) is 6.07 Å². The van der Waals surface area contributed by atoms with Gasteiger partial charge in [0.2, 0.25) is 0 Å². The maximum atomic E-state index is 9.44. The molecule has 90 valence electrons. The number of hydrogen-bond acceptors (Lipinski definition) is 3. The van der Waals surface area contributed by atoms with Crippen molar-refractivity contribution < 1.29 is 5.11 Å². The molecule has 0 spiro atoms. The first-order valence-electron chi connectivity index (χ1n) is 6.16. The second-order valence-corrected chi connectivity index (χ2v) is 4.87. The first-order valence-corrected chi connectivity index (χ1v) is 6.16. The average Bonchev–Trinajstić information content (AvgIpc) is 2.72. The fourth-order valence-corrected chi connectivity index (χ4v) is 2.58. The van der Waals surface area contributed by atoms with Crippen LogP contribution in [-0.4, -0.2) is 21.6 Å². The quantitative estimate of drug-likeness (QED) is 0.706. The van der Waals surface area contributed by atoms with Crippen LogP contribution >= 0.6 is 0 Å². The predicted octanol–water partition coefficient (Wildman–Crippen LogP) is 2.33. The molecule has 1 aliphatic rings. The van der Waals surface area contributed by atoms with E-state index in [0.717, 1.165) is 23.4 Å². The van der Waals surface area contributed by atoms with E-state index in [1.165, 1.54) is 12.8 Å². The summed E-state index contributed by atoms with van der Waals surface area (Å²) in [5.74, 6) is 1.85. The van der Waals surface area contributed by atoms with Gasteiger partial charge in [-0.05, 0) is 37.4 Å². The number of nitrogens with one attached hydrogen (secondary N) is 2. The summed E-state index contributed by atoms with van der Waals surface area (Å²) in [6.07, 6.45) is 2.47. The summed E-state index contributed by atoms with van der Waals surface area (Å²) in [5, 5.41) is 12.9. The fourth-order valence-electron chi connectivity index (χ4n) is 2.58. The molecule has 3 rings (SSSR count). The van der Waals surface area contributed by atoms with Crippen molar-refractivity contribution in [3.8, 4) is 5.75 Å². The van der Waals surface area contributed by atoms with Gasteiger partial charge in [0.05, 0.1) is 17.1 Å². The van der Waals surface area contributed by atoms with E-state index >= 15 is 0 Å². The molecule has 1 fully saturated rings. The Hall–Kier alpha value is -1.55. The van der Waals surface area contributed by atoms with Gasteiger partial charge in [-0.1, -0.05) is 6.92 Å². The first kappa shape index (κ1) is 10.6. The monoisotopic (exact) mass is 231 g/mol. The summed E-state index contributed by atoms with van der Waals surface area (Å²) < 4.78 is 0. The summed E-state index contributed by atoms with van der Waals surface area (Å²) in [4.78, 5) is 7.90. The lowest BCUT2D eigenvalue weighted by Crippen LogP contribution is -2.33. The Bertz CT molecular complexity index is 534. The molecule has 2 heterocycles. The molecule has 0 aliphatic carbocycles. The second kappa shape index (κ2) is 4.04. The lowest BCUT2D eigenvalue weighted by molar-refractivity contribution is 0.296. The Morgan fingerprint density at radius 3 is 3.12 bits per heavy atom. The molecule has 2 aromatic rings. The standard InChI is InChI=1S/C13H17N3O/c1-8-3-2-6-14-12(8)13-15-10-5-4-9(17)7-11(10)16-13/h4-5,7-8,12,14,17H,2-3,6H2,1H3,(H,15,16). The summed E-state index contributed by atoms with van der Waals surface area (Å²) >= 11 is 0. The molecule has 0 amide bonds. The highest BCUT2D eigenvalue weighted by atomic mass is 16.3. The number of piperidine rings is 1. The number of aromatic nitrogens is 2. The van der Waals surface area contributed by atoms with Gasteiger partial charge in [-0.3, -0.25) is 0 Å². The Balaban J connectivity index is 1.99. The van der Waals surface area contributed by atoms with Crippen LogP contribution in [-0.2, 0) is 0 Å². The number of H-pyrrole nitrogens is 1. The smallest absolute Gasteiger partial charge is 0.124 e. The molecule has 4 heteroatoms. The van der Waals surface area contributed by atoms with Crippen LogP contribution < -0.4 is 5.32 Å². The molecule has 17 heavy (non-hydrogen) atoms. The lowest BCUT2D eigenvalue weighted by atomic mass is 9.92. The summed E-state index contributed by atoms with van der Waals surface area (Å²) in [7, 11) is 0. The summed E-state index contributed by atoms with van der Waals surface area (Å²) in [5.41, 5.74) is 1.82. The van der Waals surface area contributed by atoms with Crippen LogP contribution in [0.25, 0.3) is 11.0 Å². The van der Waals surface area contributed by atoms with Gasteiger partial charge < -0.3 is 15.4 Å². The molecule has 2 atom stereocenters. The van der Waals surface area contributed by atoms with Gasteiger partial charge in [-0.25, -0.2) is 4.98 Å². The van der Waals surface area contributed by atoms with Gasteiger partial charge in [-0.2, -0.15) is 0 Å². The molecular weight excluding hydrogens is 214 g/mol. The van der Waals surface area contributed by atoms with E-state index in [0.29, 0.717) is 12.0 Å². The zero-order valence-corrected chi connectivity index (χ0v) is 9.90. The van der Waals surface area contributed by atoms with Gasteiger partial charge in [0.15, 0.2) is 0 Å². The van der Waals surface area contributed by atoms with Crippen molar-refractivity contribution in [2.75, 3.05) is 6.54 Å². The van der Waals surface area contributed by atoms with Crippen molar-refractivity contribution in [2.24, 2.45) is 5.92 Å². The Kier molecular flexibility index (Phi) is 2.52. The third-order valence-electron chi connectivity index (χ3n) is 3.55. The number of hydrogen-bond donors (Lipinski definition) is 3. The SMILES string of the molecule is CC1CCCNC1c1nc2ccc(O)cc2[nH]1. The van der Waals surface area contributed by atoms with E-state index in [2.05, 4.69) is 22.2 Å². The van der Waals surface area contributed by atoms with Crippen LogP contribution in [0, 0.1) is 5.92 Å². The molecule has 3 N–H and O–H groups in total. The van der Waals surface area contributed by atoms with Crippen LogP contribution in [0.15, 0.2) is 18.2 Å². The fraction of sp³-hybridized carbons (Fsp3) is 0.462. The van der Waals surface area contributed by atoms with E-state index in [9.17, 15) is 5.11 Å².